The third kappa shape index (κ3) is 48.0. The maximum Gasteiger partial charge on any atom is 0.328 e. The Kier molecular flexibility index (Phi) is 36.4. The number of amides is 2. The van der Waals surface area contributed by atoms with Crippen molar-refractivity contribution in [2.24, 2.45) is 0 Å². The minimum atomic E-state index is -2.07. The van der Waals surface area contributed by atoms with Crippen molar-refractivity contribution in [3.05, 3.63) is 0 Å². The summed E-state index contributed by atoms with van der Waals surface area (Å²) >= 11 is 0. The van der Waals surface area contributed by atoms with Gasteiger partial charge in [0.15, 0.2) is 0 Å². The van der Waals surface area contributed by atoms with Crippen LogP contribution in [0.3, 0.4) is 0 Å². The lowest BCUT2D eigenvalue weighted by molar-refractivity contribution is -0.165. The van der Waals surface area contributed by atoms with Gasteiger partial charge in [0.05, 0.1) is 58.9 Å². The van der Waals surface area contributed by atoms with Gasteiger partial charge in [-0.05, 0) is 193 Å². The number of aliphatic carboxylic acids is 1. The van der Waals surface area contributed by atoms with E-state index in [0.717, 1.165) is 9.80 Å². The molecule has 0 aromatic heterocycles. The van der Waals surface area contributed by atoms with Crippen LogP contribution in [-0.4, -0.2) is 286 Å². The van der Waals surface area contributed by atoms with Crippen LogP contribution >= 0.6 is 0 Å². The van der Waals surface area contributed by atoms with Gasteiger partial charge in [-0.25, -0.2) is 4.79 Å². The number of carboxylic acids is 1. The summed E-state index contributed by atoms with van der Waals surface area (Å²) in [5.41, 5.74) is -9.15. The zero-order valence-corrected chi connectivity index (χ0v) is 65.0. The fraction of sp³-hybridized carbons (Fsp3) is 0.826. The zero-order valence-electron chi connectivity index (χ0n) is 65.0. The quantitative estimate of drug-likeness (QED) is 0.0576. The van der Waals surface area contributed by atoms with Crippen LogP contribution in [0.15, 0.2) is 0 Å². The molecule has 0 rings (SSSR count). The smallest absolute Gasteiger partial charge is 0.328 e. The van der Waals surface area contributed by atoms with Crippen LogP contribution in [-0.2, 0) is 100 Å². The van der Waals surface area contributed by atoms with E-state index < -0.39 is 212 Å². The molecule has 0 aromatic carbocycles. The fourth-order valence-corrected chi connectivity index (χ4v) is 9.10. The van der Waals surface area contributed by atoms with E-state index in [-0.39, 0.29) is 32.7 Å². The molecule has 3 unspecified atom stereocenters. The fourth-order valence-electron chi connectivity index (χ4n) is 9.10. The Morgan fingerprint density at radius 1 is 0.303 bits per heavy atom. The summed E-state index contributed by atoms with van der Waals surface area (Å²) in [6, 6.07) is -5.56. The van der Waals surface area contributed by atoms with E-state index in [1.807, 2.05) is 0 Å². The number of esters is 9. The lowest BCUT2D eigenvalue weighted by atomic mass is 10.1. The molecule has 0 spiro atoms. The number of carboxylic acid groups (broad SMARTS) is 1. The number of rotatable bonds is 37. The average molecular weight is 1420 g/mol. The topological polar surface area (TPSA) is 352 Å². The molecule has 572 valence electrons. The van der Waals surface area contributed by atoms with Crippen LogP contribution < -0.4 is 10.6 Å². The molecule has 0 heterocycles. The zero-order chi connectivity index (χ0) is 77.4. The van der Waals surface area contributed by atoms with Crippen molar-refractivity contribution in [3.8, 4) is 0 Å². The van der Waals surface area contributed by atoms with E-state index in [4.69, 9.17) is 42.6 Å². The average Bonchev–Trinajstić information content (AvgIpc) is 0.839. The molecule has 0 aliphatic rings. The number of hydrogen-bond donors (Lipinski definition) is 3. The highest BCUT2D eigenvalue weighted by Gasteiger charge is 2.40. The highest BCUT2D eigenvalue weighted by Crippen LogP contribution is 2.19. The molecule has 3 atom stereocenters. The normalized spacial score (nSPS) is 13.9. The van der Waals surface area contributed by atoms with Crippen LogP contribution in [0.4, 0.5) is 0 Å². The number of nitrogens with zero attached hydrogens (tertiary/aromatic N) is 6. The molecule has 0 aliphatic carbocycles. The van der Waals surface area contributed by atoms with E-state index in [0.29, 0.717) is 6.54 Å². The second-order valence-corrected chi connectivity index (χ2v) is 33.3. The van der Waals surface area contributed by atoms with Gasteiger partial charge in [0.25, 0.3) is 0 Å². The van der Waals surface area contributed by atoms with Crippen LogP contribution in [0.2, 0.25) is 0 Å². The number of hydrogen-bond acceptors (Lipinski definition) is 27. The predicted molar refractivity (Wildman–Crippen MR) is 367 cm³/mol. The van der Waals surface area contributed by atoms with Gasteiger partial charge >= 0.3 is 59.7 Å². The molecule has 30 nitrogen and oxygen atoms in total. The first kappa shape index (κ1) is 92.4. The number of carbonyl (C=O) groups excluding carboxylic acids is 11. The standard InChI is InChI=1S/C69H124N8O22/c1-29-72(37-49(78)91-61(2,3)4)30-31-73(38-50(79)92-62(5,6)7)36-48(77(44-56(85)98-68(23,24)25)45-57(86)99-69(26,27)28)59(88)71-46(60(89)90)34-70-58(87)47(76(42-54(83)96-66(17,18)19)43-55(84)97-67(20,21)22)35-74(39-51(80)93-63(8,9)10)32-33-75(40-52(81)94-64(11,12)13)41-53(82)95-65(14,15)16/h46-48H,29-45H2,1-28H3,(H,70,87)(H,71,88)(H,89,90). The minimum Gasteiger partial charge on any atom is -0.480 e. The second-order valence-electron chi connectivity index (χ2n) is 33.3. The summed E-state index contributed by atoms with van der Waals surface area (Å²) < 4.78 is 50.9. The van der Waals surface area contributed by atoms with E-state index in [9.17, 15) is 53.1 Å². The lowest BCUT2D eigenvalue weighted by Crippen LogP contribution is -2.61. The summed E-state index contributed by atoms with van der Waals surface area (Å²) in [5, 5.41) is 16.0. The molecule has 99 heavy (non-hydrogen) atoms. The second kappa shape index (κ2) is 39.0. The highest BCUT2D eigenvalue weighted by atomic mass is 16.6. The van der Waals surface area contributed by atoms with Gasteiger partial charge in [-0.1, -0.05) is 6.92 Å². The van der Waals surface area contributed by atoms with Crippen LogP contribution in [0, 0.1) is 0 Å². The third-order valence-corrected chi connectivity index (χ3v) is 12.2. The predicted octanol–water partition coefficient (Wildman–Crippen LogP) is 4.32. The first-order valence-corrected chi connectivity index (χ1v) is 33.5. The number of likely N-dealkylation sites (N-methyl/N-ethyl adjacent to an activating group) is 1. The van der Waals surface area contributed by atoms with Gasteiger partial charge in [0.2, 0.25) is 11.8 Å². The van der Waals surface area contributed by atoms with E-state index >= 15 is 9.59 Å². The summed E-state index contributed by atoms with van der Waals surface area (Å²) in [5.74, 6) is -11.2. The molecular formula is C69H124N8O22. The van der Waals surface area contributed by atoms with Crippen molar-refractivity contribution in [2.45, 2.75) is 262 Å². The van der Waals surface area contributed by atoms with E-state index in [1.165, 1.54) is 14.7 Å². The van der Waals surface area contributed by atoms with Gasteiger partial charge in [-0.2, -0.15) is 0 Å². The summed E-state index contributed by atoms with van der Waals surface area (Å²) in [6.07, 6.45) is 0. The number of ether oxygens (including phenoxy) is 9. The van der Waals surface area contributed by atoms with Crippen molar-refractivity contribution in [1.82, 2.24) is 40.0 Å². The van der Waals surface area contributed by atoms with Gasteiger partial charge in [0, 0.05) is 45.8 Å². The van der Waals surface area contributed by atoms with Crippen molar-refractivity contribution >= 4 is 71.5 Å². The monoisotopic (exact) mass is 1420 g/mol. The van der Waals surface area contributed by atoms with Crippen LogP contribution in [0.25, 0.3) is 0 Å². The molecule has 0 saturated heterocycles. The van der Waals surface area contributed by atoms with Gasteiger partial charge in [-0.15, -0.1) is 0 Å². The Balaban J connectivity index is 8.64. The SMILES string of the molecule is CCN(CCN(CC(=O)OC(C)(C)C)CC(C(=O)NC(CNC(=O)C(CN(CCN(CC(=O)OC(C)(C)C)CC(=O)OC(C)(C)C)CC(=O)OC(C)(C)C)N(CC(=O)OC(C)(C)C)CC(=O)OC(C)(C)C)C(=O)O)N(CC(=O)OC(C)(C)C)CC(=O)OC(C)(C)C)CC(=O)OC(C)(C)C. The molecule has 0 aliphatic heterocycles. The Morgan fingerprint density at radius 2 is 0.505 bits per heavy atom. The summed E-state index contributed by atoms with van der Waals surface area (Å²) in [6.45, 7) is 38.2. The van der Waals surface area contributed by atoms with Crippen molar-refractivity contribution in [3.63, 3.8) is 0 Å². The number of carbonyl (C=O) groups is 12. The maximum absolute atomic E-state index is 15.4. The Labute approximate surface area is 588 Å². The molecule has 3 N–H and O–H groups in total. The van der Waals surface area contributed by atoms with Crippen molar-refractivity contribution in [2.75, 3.05) is 111 Å². The first-order chi connectivity index (χ1) is 44.4. The Hall–Kier alpha value is -6.60. The molecule has 0 radical (unpaired) electrons. The minimum absolute atomic E-state index is 0.0699. The third-order valence-electron chi connectivity index (χ3n) is 12.2. The molecule has 0 saturated carbocycles. The first-order valence-electron chi connectivity index (χ1n) is 33.5. The number of nitrogens with one attached hydrogen (secondary N) is 2. The molecule has 2 amide bonds. The maximum atomic E-state index is 15.4. The lowest BCUT2D eigenvalue weighted by Gasteiger charge is -2.36. The highest BCUT2D eigenvalue weighted by molar-refractivity contribution is 5.90. The summed E-state index contributed by atoms with van der Waals surface area (Å²) in [4.78, 5) is 176. The summed E-state index contributed by atoms with van der Waals surface area (Å²) in [7, 11) is 0. The molecular weight excluding hydrogens is 1290 g/mol. The molecule has 0 fully saturated rings. The Bertz CT molecular complexity index is 2600. The van der Waals surface area contributed by atoms with Crippen molar-refractivity contribution < 1.29 is 105 Å². The van der Waals surface area contributed by atoms with E-state index in [2.05, 4.69) is 10.6 Å². The molecule has 30 heteroatoms. The largest absolute Gasteiger partial charge is 0.480 e. The van der Waals surface area contributed by atoms with Gasteiger partial charge < -0.3 is 58.4 Å². The van der Waals surface area contributed by atoms with Crippen LogP contribution in [0.5, 0.6) is 0 Å². The van der Waals surface area contributed by atoms with Gasteiger partial charge in [-0.3, -0.25) is 82.1 Å². The van der Waals surface area contributed by atoms with E-state index in [1.54, 1.807) is 199 Å². The molecule has 0 aromatic rings. The van der Waals surface area contributed by atoms with Crippen LogP contribution in [0.1, 0.15) is 194 Å². The van der Waals surface area contributed by atoms with Crippen molar-refractivity contribution in [1.29, 1.82) is 0 Å². The Morgan fingerprint density at radius 3 is 0.737 bits per heavy atom. The van der Waals surface area contributed by atoms with Gasteiger partial charge in [0.1, 0.15) is 68.5 Å². The molecule has 0 bridgehead atoms.